The van der Waals surface area contributed by atoms with Crippen LogP contribution < -0.4 is 18.9 Å². The Morgan fingerprint density at radius 3 is 1.89 bits per heavy atom. The van der Waals surface area contributed by atoms with Crippen LogP contribution in [0.25, 0.3) is 0 Å². The molecular formula is C36H38N2O9. The fraction of sp³-hybridized carbons (Fsp3) is 0.528. The lowest BCUT2D eigenvalue weighted by molar-refractivity contribution is -0.135. The van der Waals surface area contributed by atoms with E-state index in [1.54, 1.807) is 14.2 Å². The zero-order chi connectivity index (χ0) is 31.8. The van der Waals surface area contributed by atoms with Gasteiger partial charge in [0.25, 0.3) is 0 Å². The van der Waals surface area contributed by atoms with Gasteiger partial charge in [-0.3, -0.25) is 9.69 Å². The van der Waals surface area contributed by atoms with Gasteiger partial charge in [-0.15, -0.1) is 0 Å². The highest BCUT2D eigenvalue weighted by Gasteiger charge is 2.66. The molecule has 2 spiro atoms. The molecule has 0 radical (unpaired) electrons. The number of aliphatic hydroxyl groups is 2. The average Bonchev–Trinajstić information content (AvgIpc) is 3.90. The predicted octanol–water partition coefficient (Wildman–Crippen LogP) is 2.72. The van der Waals surface area contributed by atoms with E-state index in [4.69, 9.17) is 28.4 Å². The molecule has 11 nitrogen and oxygen atoms in total. The number of amides is 1. The van der Waals surface area contributed by atoms with Crippen molar-refractivity contribution in [3.05, 3.63) is 70.2 Å². The van der Waals surface area contributed by atoms with Gasteiger partial charge in [0.2, 0.25) is 19.5 Å². The lowest BCUT2D eigenvalue weighted by Crippen LogP contribution is -2.52. The number of ether oxygens (including phenoxy) is 6. The number of fused-ring (bicyclic) bond motifs is 6. The molecule has 1 amide bonds. The summed E-state index contributed by atoms with van der Waals surface area (Å²) in [5.74, 6) is 3.01. The zero-order valence-electron chi connectivity index (χ0n) is 26.4. The second-order valence-corrected chi connectivity index (χ2v) is 14.2. The van der Waals surface area contributed by atoms with E-state index < -0.39 is 29.2 Å². The Hall–Kier alpha value is -3.93. The van der Waals surface area contributed by atoms with Gasteiger partial charge >= 0.3 is 0 Å². The van der Waals surface area contributed by atoms with E-state index in [-0.39, 0.29) is 37.4 Å². The van der Waals surface area contributed by atoms with Crippen LogP contribution in [0.5, 0.6) is 23.0 Å². The fourth-order valence-corrected chi connectivity index (χ4v) is 10.7. The molecule has 0 saturated carbocycles. The topological polar surface area (TPSA) is 119 Å². The number of hydrogen-bond acceptors (Lipinski definition) is 10. The van der Waals surface area contributed by atoms with E-state index >= 15 is 0 Å². The summed E-state index contributed by atoms with van der Waals surface area (Å²) in [4.78, 5) is 19.4. The molecule has 2 aliphatic carbocycles. The highest BCUT2D eigenvalue weighted by atomic mass is 16.7. The van der Waals surface area contributed by atoms with Crippen molar-refractivity contribution in [1.29, 1.82) is 0 Å². The summed E-state index contributed by atoms with van der Waals surface area (Å²) in [5, 5.41) is 23.6. The molecule has 2 N–H and O–H groups in total. The Balaban J connectivity index is 1.06. The van der Waals surface area contributed by atoms with Gasteiger partial charge in [-0.25, -0.2) is 0 Å². The minimum Gasteiger partial charge on any atom is -0.499 e. The van der Waals surface area contributed by atoms with Gasteiger partial charge in [-0.1, -0.05) is 0 Å². The third-order valence-electron chi connectivity index (χ3n) is 12.6. The van der Waals surface area contributed by atoms with Crippen molar-refractivity contribution in [3.8, 4) is 23.0 Å². The van der Waals surface area contributed by atoms with Crippen molar-refractivity contribution in [3.63, 3.8) is 0 Å². The second kappa shape index (κ2) is 9.58. The third kappa shape index (κ3) is 3.49. The summed E-state index contributed by atoms with van der Waals surface area (Å²) >= 11 is 0. The van der Waals surface area contributed by atoms with Crippen molar-refractivity contribution in [2.45, 2.75) is 73.3 Å². The number of rotatable bonds is 3. The van der Waals surface area contributed by atoms with Crippen LogP contribution in [-0.2, 0) is 27.1 Å². The Morgan fingerprint density at radius 2 is 1.30 bits per heavy atom. The first kappa shape index (κ1) is 28.1. The first-order valence-electron chi connectivity index (χ1n) is 16.7. The molecule has 2 aromatic rings. The molecule has 8 atom stereocenters. The van der Waals surface area contributed by atoms with Gasteiger partial charge in [0.05, 0.1) is 31.2 Å². The van der Waals surface area contributed by atoms with Crippen LogP contribution in [0.15, 0.2) is 47.9 Å². The van der Waals surface area contributed by atoms with Crippen molar-refractivity contribution in [2.75, 3.05) is 40.9 Å². The van der Waals surface area contributed by atoms with Gasteiger partial charge in [0.15, 0.2) is 23.0 Å². The molecular weight excluding hydrogens is 604 g/mol. The molecule has 2 fully saturated rings. The molecule has 6 heterocycles. The first-order valence-corrected chi connectivity index (χ1v) is 16.7. The molecule has 8 aliphatic rings. The van der Waals surface area contributed by atoms with E-state index in [1.165, 1.54) is 0 Å². The molecule has 246 valence electrons. The van der Waals surface area contributed by atoms with Crippen molar-refractivity contribution >= 4 is 5.91 Å². The molecule has 47 heavy (non-hydrogen) atoms. The lowest BCUT2D eigenvalue weighted by Gasteiger charge is -2.42. The standard InChI is InChI=1S/C36H38N2O9/c1-42-28-14-35-6-3-23(37(35)7-4-18-9-24-26(46-16-44-24)11-20(18)30(35)32(28)39)22-13-36-15-29(43-2)33(40)31(36)21-12-27-25(45-17-47-27)10-19(21)5-8-38(36)34(22)41/h9-12,14-15,22-23,30-33,39-40H,3-8,13,16-17H2,1-2H3. The molecule has 0 aromatic heterocycles. The van der Waals surface area contributed by atoms with E-state index in [2.05, 4.69) is 17.0 Å². The minimum absolute atomic E-state index is 0.0615. The highest BCUT2D eigenvalue weighted by Crippen LogP contribution is 2.61. The van der Waals surface area contributed by atoms with Crippen LogP contribution in [0.1, 0.15) is 53.4 Å². The maximum Gasteiger partial charge on any atom is 0.231 e. The Kier molecular flexibility index (Phi) is 5.73. The molecule has 11 heteroatoms. The number of nitrogens with zero attached hydrogens (tertiary/aromatic N) is 2. The monoisotopic (exact) mass is 642 g/mol. The first-order chi connectivity index (χ1) is 22.9. The maximum absolute atomic E-state index is 14.8. The Bertz CT molecular complexity index is 1790. The van der Waals surface area contributed by atoms with Gasteiger partial charge < -0.3 is 43.5 Å². The maximum atomic E-state index is 14.8. The van der Waals surface area contributed by atoms with Gasteiger partial charge in [0, 0.05) is 31.0 Å². The quantitative estimate of drug-likeness (QED) is 0.518. The second-order valence-electron chi connectivity index (χ2n) is 14.2. The summed E-state index contributed by atoms with van der Waals surface area (Å²) in [7, 11) is 3.20. The number of hydrogen-bond donors (Lipinski definition) is 2. The van der Waals surface area contributed by atoms with Crippen LogP contribution in [0.2, 0.25) is 0 Å². The van der Waals surface area contributed by atoms with Gasteiger partial charge in [-0.2, -0.15) is 0 Å². The molecule has 6 aliphatic heterocycles. The lowest BCUT2D eigenvalue weighted by atomic mass is 9.75. The summed E-state index contributed by atoms with van der Waals surface area (Å²) in [6, 6.07) is 8.07. The minimum atomic E-state index is -0.901. The van der Waals surface area contributed by atoms with Crippen LogP contribution >= 0.6 is 0 Å². The zero-order valence-corrected chi connectivity index (χ0v) is 26.4. The van der Waals surface area contributed by atoms with E-state index in [1.807, 2.05) is 29.2 Å². The number of methoxy groups -OCH3 is 2. The predicted molar refractivity (Wildman–Crippen MR) is 165 cm³/mol. The van der Waals surface area contributed by atoms with Crippen LogP contribution in [-0.4, -0.2) is 96.1 Å². The van der Waals surface area contributed by atoms with E-state index in [0.29, 0.717) is 48.2 Å². The number of benzene rings is 2. The molecule has 2 saturated heterocycles. The number of carbonyl (C=O) groups excluding carboxylic acids is 1. The van der Waals surface area contributed by atoms with Crippen molar-refractivity contribution in [1.82, 2.24) is 9.80 Å². The van der Waals surface area contributed by atoms with Gasteiger partial charge in [0.1, 0.15) is 23.7 Å². The number of carbonyl (C=O) groups is 1. The summed E-state index contributed by atoms with van der Waals surface area (Å²) in [6.45, 7) is 1.62. The van der Waals surface area contributed by atoms with Crippen molar-refractivity contribution < 1.29 is 43.4 Å². The SMILES string of the molecule is COC1=CC23CC(C4CCC56C=C(OC)C(O)C5c5cc7c(cc5CCN46)OCO7)C(=O)N2CCc2cc4c(cc2C3C1O)OCO4. The average molecular weight is 643 g/mol. The smallest absolute Gasteiger partial charge is 0.231 e. The summed E-state index contributed by atoms with van der Waals surface area (Å²) in [5.41, 5.74) is 2.97. The largest absolute Gasteiger partial charge is 0.499 e. The molecule has 8 unspecified atom stereocenters. The van der Waals surface area contributed by atoms with E-state index in [0.717, 1.165) is 53.8 Å². The van der Waals surface area contributed by atoms with Crippen LogP contribution in [0, 0.1) is 5.92 Å². The van der Waals surface area contributed by atoms with Gasteiger partial charge in [-0.05, 0) is 90.8 Å². The molecule has 0 bridgehead atoms. The Labute approximate surface area is 272 Å². The molecule has 2 aromatic carbocycles. The van der Waals surface area contributed by atoms with Crippen LogP contribution in [0.4, 0.5) is 0 Å². The molecule has 10 rings (SSSR count). The van der Waals surface area contributed by atoms with E-state index in [9.17, 15) is 15.0 Å². The Morgan fingerprint density at radius 1 is 0.766 bits per heavy atom. The van der Waals surface area contributed by atoms with Crippen molar-refractivity contribution in [2.24, 2.45) is 5.92 Å². The van der Waals surface area contributed by atoms with Crippen LogP contribution in [0.3, 0.4) is 0 Å². The summed E-state index contributed by atoms with van der Waals surface area (Å²) < 4.78 is 34.5. The highest BCUT2D eigenvalue weighted by molar-refractivity contribution is 5.85. The normalized spacial score (nSPS) is 37.2. The number of aliphatic hydroxyl groups excluding tert-OH is 2. The third-order valence-corrected chi connectivity index (χ3v) is 12.6. The fourth-order valence-electron chi connectivity index (χ4n) is 10.7. The summed E-state index contributed by atoms with van der Waals surface area (Å²) in [6.07, 6.45) is 5.99.